The zero-order valence-corrected chi connectivity index (χ0v) is 9.61. The second-order valence-electron chi connectivity index (χ2n) is 3.47. The Bertz CT molecular complexity index is 552. The van der Waals surface area contributed by atoms with Crippen LogP contribution in [0.25, 0.3) is 0 Å². The van der Waals surface area contributed by atoms with Gasteiger partial charge in [0, 0.05) is 30.0 Å². The predicted octanol–water partition coefficient (Wildman–Crippen LogP) is 0.861. The standard InChI is InChI=1S/C11H10N2O6/c12-8-3-7(4-9(5-8)13(17)18)6-19-11(16)2-1-10(14)15/h1-5H,6,12H2,(H,14,15)/b2-1-. The summed E-state index contributed by atoms with van der Waals surface area (Å²) >= 11 is 0. The molecular weight excluding hydrogens is 256 g/mol. The highest BCUT2D eigenvalue weighted by Crippen LogP contribution is 2.19. The van der Waals surface area contributed by atoms with Crippen LogP contribution in [0.5, 0.6) is 0 Å². The monoisotopic (exact) mass is 266 g/mol. The van der Waals surface area contributed by atoms with Crippen LogP contribution in [0.3, 0.4) is 0 Å². The topological polar surface area (TPSA) is 133 Å². The number of nitro groups is 1. The van der Waals surface area contributed by atoms with Gasteiger partial charge in [0.25, 0.3) is 5.69 Å². The van der Waals surface area contributed by atoms with E-state index in [1.54, 1.807) is 0 Å². The van der Waals surface area contributed by atoms with Crippen LogP contribution in [-0.2, 0) is 20.9 Å². The van der Waals surface area contributed by atoms with Crippen molar-refractivity contribution in [1.82, 2.24) is 0 Å². The lowest BCUT2D eigenvalue weighted by Gasteiger charge is -2.03. The number of ether oxygens (including phenoxy) is 1. The van der Waals surface area contributed by atoms with E-state index in [1.807, 2.05) is 0 Å². The molecule has 0 aromatic heterocycles. The van der Waals surface area contributed by atoms with Crippen LogP contribution in [0.2, 0.25) is 0 Å². The van der Waals surface area contributed by atoms with E-state index in [4.69, 9.17) is 15.6 Å². The molecule has 0 aliphatic rings. The van der Waals surface area contributed by atoms with E-state index in [1.165, 1.54) is 18.2 Å². The second-order valence-corrected chi connectivity index (χ2v) is 3.47. The molecule has 19 heavy (non-hydrogen) atoms. The molecular formula is C11H10N2O6. The maximum absolute atomic E-state index is 11.1. The zero-order chi connectivity index (χ0) is 14.4. The van der Waals surface area contributed by atoms with Crippen molar-refractivity contribution in [2.24, 2.45) is 0 Å². The highest BCUT2D eigenvalue weighted by Gasteiger charge is 2.09. The van der Waals surface area contributed by atoms with E-state index < -0.39 is 16.9 Å². The van der Waals surface area contributed by atoms with Crippen LogP contribution in [0, 0.1) is 10.1 Å². The Morgan fingerprint density at radius 3 is 2.63 bits per heavy atom. The number of hydrogen-bond donors (Lipinski definition) is 2. The third kappa shape index (κ3) is 4.86. The van der Waals surface area contributed by atoms with Gasteiger partial charge < -0.3 is 15.6 Å². The number of anilines is 1. The number of carbonyl (C=O) groups excluding carboxylic acids is 1. The number of nitro benzene ring substituents is 1. The predicted molar refractivity (Wildman–Crippen MR) is 64.1 cm³/mol. The number of esters is 1. The molecule has 0 amide bonds. The summed E-state index contributed by atoms with van der Waals surface area (Å²) in [5, 5.41) is 18.9. The van der Waals surface area contributed by atoms with Crippen molar-refractivity contribution in [3.63, 3.8) is 0 Å². The molecule has 3 N–H and O–H groups in total. The summed E-state index contributed by atoms with van der Waals surface area (Å²) < 4.78 is 4.70. The van der Waals surface area contributed by atoms with Gasteiger partial charge in [0.05, 0.1) is 4.92 Å². The fourth-order valence-electron chi connectivity index (χ4n) is 1.23. The van der Waals surface area contributed by atoms with Crippen LogP contribution in [-0.4, -0.2) is 22.0 Å². The van der Waals surface area contributed by atoms with Crippen LogP contribution in [0.15, 0.2) is 30.4 Å². The molecule has 8 heteroatoms. The van der Waals surface area contributed by atoms with Gasteiger partial charge in [0.1, 0.15) is 6.61 Å². The number of benzene rings is 1. The first kappa shape index (κ1) is 14.2. The summed E-state index contributed by atoms with van der Waals surface area (Å²) in [7, 11) is 0. The molecule has 0 aliphatic carbocycles. The van der Waals surface area contributed by atoms with Gasteiger partial charge in [0.15, 0.2) is 0 Å². The van der Waals surface area contributed by atoms with Gasteiger partial charge in [-0.05, 0) is 11.6 Å². The van der Waals surface area contributed by atoms with Gasteiger partial charge in [-0.15, -0.1) is 0 Å². The second kappa shape index (κ2) is 6.15. The number of non-ortho nitro benzene ring substituents is 1. The van der Waals surface area contributed by atoms with Crippen molar-refractivity contribution < 1.29 is 24.4 Å². The van der Waals surface area contributed by atoms with Crippen molar-refractivity contribution in [3.8, 4) is 0 Å². The molecule has 0 fully saturated rings. The highest BCUT2D eigenvalue weighted by molar-refractivity contribution is 5.90. The fourth-order valence-corrected chi connectivity index (χ4v) is 1.23. The zero-order valence-electron chi connectivity index (χ0n) is 9.61. The van der Waals surface area contributed by atoms with Crippen molar-refractivity contribution in [2.45, 2.75) is 6.61 Å². The molecule has 1 rings (SSSR count). The summed E-state index contributed by atoms with van der Waals surface area (Å²) in [5.41, 5.74) is 5.75. The molecule has 0 saturated carbocycles. The number of nitrogens with zero attached hydrogens (tertiary/aromatic N) is 1. The Kier molecular flexibility index (Phi) is 4.58. The van der Waals surface area contributed by atoms with Gasteiger partial charge in [0.2, 0.25) is 0 Å². The lowest BCUT2D eigenvalue weighted by Crippen LogP contribution is -2.03. The van der Waals surface area contributed by atoms with Gasteiger partial charge in [-0.2, -0.15) is 0 Å². The number of rotatable bonds is 5. The smallest absolute Gasteiger partial charge is 0.331 e. The lowest BCUT2D eigenvalue weighted by molar-refractivity contribution is -0.384. The minimum atomic E-state index is -1.28. The summed E-state index contributed by atoms with van der Waals surface area (Å²) in [4.78, 5) is 31.2. The molecule has 0 atom stereocenters. The van der Waals surface area contributed by atoms with Crippen LogP contribution in [0.1, 0.15) is 5.56 Å². The average Bonchev–Trinajstić information content (AvgIpc) is 2.33. The first-order valence-electron chi connectivity index (χ1n) is 5.00. The third-order valence-corrected chi connectivity index (χ3v) is 1.95. The molecule has 1 aromatic rings. The van der Waals surface area contributed by atoms with E-state index in [9.17, 15) is 19.7 Å². The molecule has 0 saturated heterocycles. The SMILES string of the molecule is Nc1cc(COC(=O)/C=C\C(=O)O)cc([N+](=O)[O-])c1. The van der Waals surface area contributed by atoms with Gasteiger partial charge in [-0.1, -0.05) is 0 Å². The first-order valence-corrected chi connectivity index (χ1v) is 5.00. The summed E-state index contributed by atoms with van der Waals surface area (Å²) in [6, 6.07) is 3.81. The van der Waals surface area contributed by atoms with E-state index in [0.29, 0.717) is 11.6 Å². The van der Waals surface area contributed by atoms with Crippen molar-refractivity contribution in [2.75, 3.05) is 5.73 Å². The normalized spacial score (nSPS) is 10.3. The third-order valence-electron chi connectivity index (χ3n) is 1.95. The Hall–Kier alpha value is -2.90. The fraction of sp³-hybridized carbons (Fsp3) is 0.0909. The quantitative estimate of drug-likeness (QED) is 0.265. The Balaban J connectivity index is 2.70. The van der Waals surface area contributed by atoms with E-state index in [2.05, 4.69) is 0 Å². The Morgan fingerprint density at radius 1 is 1.37 bits per heavy atom. The molecule has 8 nitrogen and oxygen atoms in total. The van der Waals surface area contributed by atoms with Crippen molar-refractivity contribution >= 4 is 23.3 Å². The maximum atomic E-state index is 11.1. The summed E-state index contributed by atoms with van der Waals surface area (Å²) in [6.07, 6.45) is 1.37. The minimum Gasteiger partial charge on any atom is -0.478 e. The summed E-state index contributed by atoms with van der Waals surface area (Å²) in [5.74, 6) is -2.15. The largest absolute Gasteiger partial charge is 0.478 e. The number of carboxylic acid groups (broad SMARTS) is 1. The van der Waals surface area contributed by atoms with Crippen molar-refractivity contribution in [3.05, 3.63) is 46.0 Å². The van der Waals surface area contributed by atoms with E-state index in [-0.39, 0.29) is 18.0 Å². The number of carboxylic acids is 1. The highest BCUT2D eigenvalue weighted by atomic mass is 16.6. The molecule has 0 heterocycles. The molecule has 0 unspecified atom stereocenters. The number of nitrogens with two attached hydrogens (primary N) is 1. The number of nitrogen functional groups attached to an aromatic ring is 1. The molecule has 100 valence electrons. The van der Waals surface area contributed by atoms with Gasteiger partial charge in [-0.3, -0.25) is 10.1 Å². The van der Waals surface area contributed by atoms with Gasteiger partial charge in [-0.25, -0.2) is 9.59 Å². The molecule has 0 radical (unpaired) electrons. The minimum absolute atomic E-state index is 0.168. The number of aliphatic carboxylic acids is 1. The molecule has 1 aromatic carbocycles. The van der Waals surface area contributed by atoms with Gasteiger partial charge >= 0.3 is 11.9 Å². The first-order chi connectivity index (χ1) is 8.88. The summed E-state index contributed by atoms with van der Waals surface area (Å²) in [6.45, 7) is -0.241. The van der Waals surface area contributed by atoms with Crippen LogP contribution >= 0.6 is 0 Å². The molecule has 0 spiro atoms. The average molecular weight is 266 g/mol. The Morgan fingerprint density at radius 2 is 2.05 bits per heavy atom. The van der Waals surface area contributed by atoms with Crippen LogP contribution < -0.4 is 5.73 Å². The molecule has 0 aliphatic heterocycles. The van der Waals surface area contributed by atoms with Crippen molar-refractivity contribution in [1.29, 1.82) is 0 Å². The maximum Gasteiger partial charge on any atom is 0.331 e. The molecule has 0 bridgehead atoms. The lowest BCUT2D eigenvalue weighted by atomic mass is 10.2. The van der Waals surface area contributed by atoms with Crippen LogP contribution in [0.4, 0.5) is 11.4 Å². The van der Waals surface area contributed by atoms with E-state index >= 15 is 0 Å². The van der Waals surface area contributed by atoms with E-state index in [0.717, 1.165) is 6.08 Å². The number of carbonyl (C=O) groups is 2. The Labute approximate surface area is 107 Å². The number of hydrogen-bond acceptors (Lipinski definition) is 6.